The van der Waals surface area contributed by atoms with E-state index in [4.69, 9.17) is 5.73 Å². The molecule has 102 valence electrons. The highest BCUT2D eigenvalue weighted by Gasteiger charge is 2.10. The fourth-order valence-electron chi connectivity index (χ4n) is 1.28. The number of carbonyl (C=O) groups is 1. The molecule has 0 bridgehead atoms. The van der Waals surface area contributed by atoms with E-state index in [9.17, 15) is 13.2 Å². The first-order valence-corrected chi connectivity index (χ1v) is 8.47. The van der Waals surface area contributed by atoms with Gasteiger partial charge in [0.2, 0.25) is 0 Å². The Hall–Kier alpha value is -0.990. The average molecular weight is 291 g/mol. The number of rotatable bonds is 7. The molecule has 0 aliphatic heterocycles. The zero-order chi connectivity index (χ0) is 13.6. The molecule has 1 aromatic heterocycles. The Morgan fingerprint density at radius 3 is 2.89 bits per heavy atom. The minimum absolute atomic E-state index is 0.0722. The number of carbonyl (C=O) groups excluding carboxylic acids is 1. The smallest absolute Gasteiger partial charge is 0.270 e. The average Bonchev–Trinajstić information content (AvgIpc) is 2.72. The number of aromatic nitrogens is 1. The van der Waals surface area contributed by atoms with Crippen molar-refractivity contribution in [2.75, 3.05) is 25.1 Å². The SMILES string of the molecule is CS(=O)(=O)CCCNC(=O)c1csc(CCN)n1. The molecule has 8 heteroatoms. The van der Waals surface area contributed by atoms with Gasteiger partial charge in [0.15, 0.2) is 0 Å². The second-order valence-corrected chi connectivity index (χ2v) is 7.11. The van der Waals surface area contributed by atoms with Gasteiger partial charge in [0, 0.05) is 24.6 Å². The van der Waals surface area contributed by atoms with Gasteiger partial charge in [-0.1, -0.05) is 0 Å². The predicted octanol–water partition coefficient (Wildman–Crippen LogP) is -0.191. The topological polar surface area (TPSA) is 102 Å². The maximum atomic E-state index is 11.6. The Morgan fingerprint density at radius 2 is 2.28 bits per heavy atom. The molecule has 1 heterocycles. The molecule has 18 heavy (non-hydrogen) atoms. The highest BCUT2D eigenvalue weighted by molar-refractivity contribution is 7.90. The van der Waals surface area contributed by atoms with Crippen molar-refractivity contribution in [2.24, 2.45) is 5.73 Å². The van der Waals surface area contributed by atoms with E-state index in [1.165, 1.54) is 17.6 Å². The van der Waals surface area contributed by atoms with Gasteiger partial charge < -0.3 is 11.1 Å². The van der Waals surface area contributed by atoms with Crippen LogP contribution in [0, 0.1) is 0 Å². The molecule has 0 spiro atoms. The number of sulfone groups is 1. The zero-order valence-electron chi connectivity index (χ0n) is 10.2. The summed E-state index contributed by atoms with van der Waals surface area (Å²) in [6.07, 6.45) is 2.24. The lowest BCUT2D eigenvalue weighted by Gasteiger charge is -2.02. The lowest BCUT2D eigenvalue weighted by molar-refractivity contribution is 0.0949. The summed E-state index contributed by atoms with van der Waals surface area (Å²) in [4.78, 5) is 15.8. The maximum absolute atomic E-state index is 11.6. The summed E-state index contributed by atoms with van der Waals surface area (Å²) in [5.74, 6) is -0.203. The van der Waals surface area contributed by atoms with E-state index in [0.717, 1.165) is 5.01 Å². The van der Waals surface area contributed by atoms with E-state index >= 15 is 0 Å². The molecule has 1 aromatic rings. The van der Waals surface area contributed by atoms with Crippen LogP contribution in [0.25, 0.3) is 0 Å². The largest absolute Gasteiger partial charge is 0.351 e. The van der Waals surface area contributed by atoms with Gasteiger partial charge in [-0.15, -0.1) is 11.3 Å². The van der Waals surface area contributed by atoms with Crippen LogP contribution in [-0.2, 0) is 16.3 Å². The molecule has 0 atom stereocenters. The van der Waals surface area contributed by atoms with Crippen LogP contribution in [0.2, 0.25) is 0 Å². The van der Waals surface area contributed by atoms with Crippen molar-refractivity contribution >= 4 is 27.1 Å². The van der Waals surface area contributed by atoms with Crippen molar-refractivity contribution in [3.63, 3.8) is 0 Å². The summed E-state index contributed by atoms with van der Waals surface area (Å²) < 4.78 is 21.8. The van der Waals surface area contributed by atoms with E-state index in [-0.39, 0.29) is 11.7 Å². The number of nitrogens with one attached hydrogen (secondary N) is 1. The van der Waals surface area contributed by atoms with Gasteiger partial charge in [-0.3, -0.25) is 4.79 Å². The minimum Gasteiger partial charge on any atom is -0.351 e. The van der Waals surface area contributed by atoms with E-state index in [1.807, 2.05) is 0 Å². The van der Waals surface area contributed by atoms with E-state index in [0.29, 0.717) is 31.6 Å². The highest BCUT2D eigenvalue weighted by atomic mass is 32.2. The van der Waals surface area contributed by atoms with Gasteiger partial charge >= 0.3 is 0 Å². The van der Waals surface area contributed by atoms with E-state index < -0.39 is 9.84 Å². The van der Waals surface area contributed by atoms with Crippen LogP contribution >= 0.6 is 11.3 Å². The van der Waals surface area contributed by atoms with E-state index in [1.54, 1.807) is 5.38 Å². The summed E-state index contributed by atoms with van der Waals surface area (Å²) in [7, 11) is -2.97. The Bertz CT molecular complexity index is 496. The molecule has 0 unspecified atom stereocenters. The Labute approximate surface area is 111 Å². The van der Waals surface area contributed by atoms with Crippen molar-refractivity contribution in [2.45, 2.75) is 12.8 Å². The van der Waals surface area contributed by atoms with Crippen molar-refractivity contribution in [1.82, 2.24) is 10.3 Å². The fourth-order valence-corrected chi connectivity index (χ4v) is 2.74. The molecule has 0 saturated heterocycles. The molecular formula is C10H17N3O3S2. The third-order valence-electron chi connectivity index (χ3n) is 2.12. The van der Waals surface area contributed by atoms with Gasteiger partial charge in [0.05, 0.1) is 10.8 Å². The normalized spacial score (nSPS) is 11.4. The van der Waals surface area contributed by atoms with Gasteiger partial charge in [0.1, 0.15) is 15.5 Å². The quantitative estimate of drug-likeness (QED) is 0.678. The number of hydrogen-bond donors (Lipinski definition) is 2. The third-order valence-corrected chi connectivity index (χ3v) is 4.06. The summed E-state index contributed by atoms with van der Waals surface area (Å²) in [5, 5.41) is 5.15. The van der Waals surface area contributed by atoms with Crippen molar-refractivity contribution in [3.05, 3.63) is 16.1 Å². The van der Waals surface area contributed by atoms with Crippen molar-refractivity contribution in [3.8, 4) is 0 Å². The first-order chi connectivity index (χ1) is 8.42. The summed E-state index contributed by atoms with van der Waals surface area (Å²) in [5.41, 5.74) is 5.76. The molecule has 3 N–H and O–H groups in total. The van der Waals surface area contributed by atoms with Gasteiger partial charge in [-0.2, -0.15) is 0 Å². The number of nitrogens with two attached hydrogens (primary N) is 1. The molecule has 0 fully saturated rings. The van der Waals surface area contributed by atoms with Crippen LogP contribution in [0.1, 0.15) is 21.9 Å². The molecule has 0 aromatic carbocycles. The standard InChI is InChI=1S/C10H17N3O3S2/c1-18(15,16)6-2-5-12-10(14)8-7-17-9(13-8)3-4-11/h7H,2-6,11H2,1H3,(H,12,14). The lowest BCUT2D eigenvalue weighted by Crippen LogP contribution is -2.26. The molecule has 0 radical (unpaired) electrons. The lowest BCUT2D eigenvalue weighted by atomic mass is 10.4. The molecule has 6 nitrogen and oxygen atoms in total. The van der Waals surface area contributed by atoms with Crippen molar-refractivity contribution < 1.29 is 13.2 Å². The number of thiazole rings is 1. The number of amides is 1. The third kappa shape index (κ3) is 5.56. The van der Waals surface area contributed by atoms with Gasteiger partial charge in [0.25, 0.3) is 5.91 Å². The first-order valence-electron chi connectivity index (χ1n) is 5.53. The van der Waals surface area contributed by atoms with Crippen LogP contribution < -0.4 is 11.1 Å². The monoisotopic (exact) mass is 291 g/mol. The van der Waals surface area contributed by atoms with Gasteiger partial charge in [-0.05, 0) is 13.0 Å². The molecule has 0 aliphatic rings. The molecule has 1 amide bonds. The second kappa shape index (κ2) is 6.81. The minimum atomic E-state index is -2.97. The summed E-state index contributed by atoms with van der Waals surface area (Å²) in [6, 6.07) is 0. The molecular weight excluding hydrogens is 274 g/mol. The zero-order valence-corrected chi connectivity index (χ0v) is 11.8. The molecule has 0 aliphatic carbocycles. The number of nitrogens with zero attached hydrogens (tertiary/aromatic N) is 1. The van der Waals surface area contributed by atoms with Crippen molar-refractivity contribution in [1.29, 1.82) is 0 Å². The summed E-state index contributed by atoms with van der Waals surface area (Å²) in [6.45, 7) is 0.832. The van der Waals surface area contributed by atoms with Crippen LogP contribution in [0.5, 0.6) is 0 Å². The van der Waals surface area contributed by atoms with Gasteiger partial charge in [-0.25, -0.2) is 13.4 Å². The highest BCUT2D eigenvalue weighted by Crippen LogP contribution is 2.09. The second-order valence-electron chi connectivity index (χ2n) is 3.90. The first kappa shape index (κ1) is 15.1. The Kier molecular flexibility index (Phi) is 5.70. The van der Waals surface area contributed by atoms with Crippen LogP contribution in [0.15, 0.2) is 5.38 Å². The van der Waals surface area contributed by atoms with E-state index in [2.05, 4.69) is 10.3 Å². The fraction of sp³-hybridized carbons (Fsp3) is 0.600. The molecule has 1 rings (SSSR count). The van der Waals surface area contributed by atoms with Crippen LogP contribution in [0.4, 0.5) is 0 Å². The number of hydrogen-bond acceptors (Lipinski definition) is 6. The Balaban J connectivity index is 2.36. The molecule has 0 saturated carbocycles. The van der Waals surface area contributed by atoms with Crippen LogP contribution in [0.3, 0.4) is 0 Å². The Morgan fingerprint density at radius 1 is 1.56 bits per heavy atom. The van der Waals surface area contributed by atoms with Crippen LogP contribution in [-0.4, -0.2) is 44.4 Å². The summed E-state index contributed by atoms with van der Waals surface area (Å²) >= 11 is 1.40. The maximum Gasteiger partial charge on any atom is 0.270 e. The predicted molar refractivity (Wildman–Crippen MR) is 71.5 cm³/mol.